The van der Waals surface area contributed by atoms with Crippen LogP contribution in [0.2, 0.25) is 0 Å². The van der Waals surface area contributed by atoms with Gasteiger partial charge in [-0.2, -0.15) is 10.1 Å². The maximum absolute atomic E-state index is 13.5. The molecule has 1 aromatic heterocycles. The quantitative estimate of drug-likeness (QED) is 0.417. The minimum Gasteiger partial charge on any atom is -0.289 e. The molecule has 0 fully saturated rings. The Balaban J connectivity index is 1.70. The van der Waals surface area contributed by atoms with E-state index in [1.54, 1.807) is 43.3 Å². The zero-order valence-corrected chi connectivity index (χ0v) is 17.6. The van der Waals surface area contributed by atoms with E-state index in [1.807, 2.05) is 30.3 Å². The van der Waals surface area contributed by atoms with Gasteiger partial charge in [-0.05, 0) is 19.1 Å². The first-order chi connectivity index (χ1) is 16.0. The maximum Gasteiger partial charge on any atom is 0.254 e. The summed E-state index contributed by atoms with van der Waals surface area (Å²) in [6, 6.07) is 19.4. The van der Waals surface area contributed by atoms with Crippen molar-refractivity contribution in [2.75, 3.05) is 5.01 Å². The van der Waals surface area contributed by atoms with Crippen LogP contribution in [0.15, 0.2) is 71.8 Å². The first-order valence-electron chi connectivity index (χ1n) is 10.5. The number of benzene rings is 3. The van der Waals surface area contributed by atoms with E-state index in [1.165, 1.54) is 5.01 Å². The van der Waals surface area contributed by atoms with Crippen LogP contribution < -0.4 is 5.01 Å². The number of hydrazone groups is 1. The summed E-state index contributed by atoms with van der Waals surface area (Å²) in [4.78, 5) is 48.8. The van der Waals surface area contributed by atoms with Crippen LogP contribution in [0.5, 0.6) is 0 Å². The van der Waals surface area contributed by atoms with E-state index in [-0.39, 0.29) is 29.5 Å². The molecule has 2 aliphatic rings. The van der Waals surface area contributed by atoms with Crippen LogP contribution in [0.1, 0.15) is 45.2 Å². The Morgan fingerprint density at radius 2 is 1.45 bits per heavy atom. The van der Waals surface area contributed by atoms with Crippen molar-refractivity contribution in [1.29, 1.82) is 0 Å². The molecule has 1 amide bonds. The van der Waals surface area contributed by atoms with Gasteiger partial charge in [-0.1, -0.05) is 54.6 Å². The largest absolute Gasteiger partial charge is 0.289 e. The number of hydrogen-bond donors (Lipinski definition) is 0. The molecule has 0 bridgehead atoms. The van der Waals surface area contributed by atoms with Gasteiger partial charge in [0.1, 0.15) is 0 Å². The molecule has 6 rings (SSSR count). The average Bonchev–Trinajstić information content (AvgIpc) is 3.19. The number of hydrogen-bond acceptors (Lipinski definition) is 6. The van der Waals surface area contributed by atoms with Crippen molar-refractivity contribution in [3.63, 3.8) is 0 Å². The Hall–Kier alpha value is -4.52. The predicted octanol–water partition coefficient (Wildman–Crippen LogP) is 4.18. The van der Waals surface area contributed by atoms with Gasteiger partial charge in [0, 0.05) is 33.4 Å². The molecule has 0 saturated carbocycles. The number of rotatable bonds is 2. The SMILES string of the molecule is CC1=NN(c2nc(-c3ccccc3)nc3c4c(ccc23)C(=O)c2ccccc2C4=O)C(=O)C1. The van der Waals surface area contributed by atoms with Crippen LogP contribution in [0.3, 0.4) is 0 Å². The number of carbonyl (C=O) groups excluding carboxylic acids is 3. The van der Waals surface area contributed by atoms with E-state index in [4.69, 9.17) is 4.98 Å². The zero-order chi connectivity index (χ0) is 22.7. The monoisotopic (exact) mass is 432 g/mol. The number of aromatic nitrogens is 2. The molecule has 7 nitrogen and oxygen atoms in total. The smallest absolute Gasteiger partial charge is 0.254 e. The van der Waals surface area contributed by atoms with Gasteiger partial charge < -0.3 is 0 Å². The van der Waals surface area contributed by atoms with Gasteiger partial charge in [0.2, 0.25) is 0 Å². The van der Waals surface area contributed by atoms with E-state index < -0.39 is 0 Å². The average molecular weight is 432 g/mol. The second-order valence-corrected chi connectivity index (χ2v) is 8.04. The number of ketones is 2. The summed E-state index contributed by atoms with van der Waals surface area (Å²) < 4.78 is 0. The normalized spacial score (nSPS) is 15.0. The predicted molar refractivity (Wildman–Crippen MR) is 123 cm³/mol. The number of nitrogens with zero attached hydrogens (tertiary/aromatic N) is 4. The molecular formula is C26H16N4O3. The molecule has 2 heterocycles. The van der Waals surface area contributed by atoms with Crippen molar-refractivity contribution in [1.82, 2.24) is 9.97 Å². The summed E-state index contributed by atoms with van der Waals surface area (Å²) in [5.74, 6) is -0.0747. The lowest BCUT2D eigenvalue weighted by molar-refractivity contribution is -0.116. The molecule has 1 aliphatic heterocycles. The molecule has 0 N–H and O–H groups in total. The lowest BCUT2D eigenvalue weighted by atomic mass is 9.83. The number of fused-ring (bicyclic) bond motifs is 4. The molecule has 3 aromatic carbocycles. The summed E-state index contributed by atoms with van der Waals surface area (Å²) >= 11 is 0. The van der Waals surface area contributed by atoms with Gasteiger partial charge in [0.05, 0.1) is 17.5 Å². The fourth-order valence-electron chi connectivity index (χ4n) is 4.36. The van der Waals surface area contributed by atoms with Gasteiger partial charge in [-0.25, -0.2) is 9.97 Å². The van der Waals surface area contributed by atoms with E-state index in [0.717, 1.165) is 5.56 Å². The second kappa shape index (κ2) is 7.00. The van der Waals surface area contributed by atoms with Gasteiger partial charge in [0.25, 0.3) is 5.91 Å². The summed E-state index contributed by atoms with van der Waals surface area (Å²) in [5.41, 5.74) is 2.96. The lowest BCUT2D eigenvalue weighted by Crippen LogP contribution is -2.24. The summed E-state index contributed by atoms with van der Waals surface area (Å²) in [6.07, 6.45) is 0.196. The molecule has 7 heteroatoms. The number of anilines is 1. The molecule has 0 atom stereocenters. The molecule has 158 valence electrons. The summed E-state index contributed by atoms with van der Waals surface area (Å²) in [5, 5.41) is 6.12. The van der Waals surface area contributed by atoms with Crippen molar-refractivity contribution in [3.05, 3.63) is 89.0 Å². The first-order valence-corrected chi connectivity index (χ1v) is 10.5. The van der Waals surface area contributed by atoms with Crippen LogP contribution >= 0.6 is 0 Å². The van der Waals surface area contributed by atoms with Crippen molar-refractivity contribution in [2.45, 2.75) is 13.3 Å². The fourth-order valence-corrected chi connectivity index (χ4v) is 4.36. The highest BCUT2D eigenvalue weighted by Gasteiger charge is 2.34. The Labute approximate surface area is 188 Å². The topological polar surface area (TPSA) is 92.6 Å². The van der Waals surface area contributed by atoms with E-state index in [2.05, 4.69) is 10.1 Å². The van der Waals surface area contributed by atoms with Crippen LogP contribution in [0.4, 0.5) is 5.82 Å². The summed E-state index contributed by atoms with van der Waals surface area (Å²) in [7, 11) is 0. The van der Waals surface area contributed by atoms with Gasteiger partial charge >= 0.3 is 0 Å². The zero-order valence-electron chi connectivity index (χ0n) is 17.6. The Bertz CT molecular complexity index is 1560. The van der Waals surface area contributed by atoms with Crippen molar-refractivity contribution < 1.29 is 14.4 Å². The van der Waals surface area contributed by atoms with Crippen LogP contribution in [0.25, 0.3) is 22.3 Å². The highest BCUT2D eigenvalue weighted by molar-refractivity contribution is 6.32. The minimum atomic E-state index is -0.276. The molecule has 0 unspecified atom stereocenters. The first kappa shape index (κ1) is 19.2. The van der Waals surface area contributed by atoms with Gasteiger partial charge in [0.15, 0.2) is 23.2 Å². The molecule has 4 aromatic rings. The van der Waals surface area contributed by atoms with Gasteiger partial charge in [-0.3, -0.25) is 14.4 Å². The Morgan fingerprint density at radius 1 is 0.758 bits per heavy atom. The molecule has 0 saturated heterocycles. The second-order valence-electron chi connectivity index (χ2n) is 8.04. The van der Waals surface area contributed by atoms with Crippen molar-refractivity contribution >= 4 is 39.9 Å². The highest BCUT2D eigenvalue weighted by Crippen LogP contribution is 2.37. The third kappa shape index (κ3) is 2.82. The summed E-state index contributed by atoms with van der Waals surface area (Å²) in [6.45, 7) is 1.78. The standard InChI is InChI=1S/C26H16N4O3/c1-14-13-20(31)30(29-14)26-19-12-11-18-21(24(33)17-10-6-5-9-16(17)23(18)32)22(19)27-25(28-26)15-7-3-2-4-8-15/h2-12H,13H2,1H3. The minimum absolute atomic E-state index is 0.196. The highest BCUT2D eigenvalue weighted by atomic mass is 16.2. The van der Waals surface area contributed by atoms with Crippen LogP contribution in [-0.4, -0.2) is 33.2 Å². The number of amides is 1. The van der Waals surface area contributed by atoms with E-state index >= 15 is 0 Å². The Morgan fingerprint density at radius 3 is 2.15 bits per heavy atom. The maximum atomic E-state index is 13.5. The van der Waals surface area contributed by atoms with E-state index in [0.29, 0.717) is 44.9 Å². The molecule has 0 spiro atoms. The van der Waals surface area contributed by atoms with Gasteiger partial charge in [-0.15, -0.1) is 0 Å². The third-order valence-corrected chi connectivity index (χ3v) is 5.88. The van der Waals surface area contributed by atoms with Crippen LogP contribution in [0, 0.1) is 0 Å². The molecule has 33 heavy (non-hydrogen) atoms. The van der Waals surface area contributed by atoms with Crippen molar-refractivity contribution in [3.8, 4) is 11.4 Å². The molecule has 0 radical (unpaired) electrons. The molecule has 1 aliphatic carbocycles. The fraction of sp³-hybridized carbons (Fsp3) is 0.0769. The molecular weight excluding hydrogens is 416 g/mol. The Kier molecular flexibility index (Phi) is 4.07. The van der Waals surface area contributed by atoms with Crippen molar-refractivity contribution in [2.24, 2.45) is 5.10 Å². The third-order valence-electron chi connectivity index (χ3n) is 5.88. The number of carbonyl (C=O) groups is 3. The lowest BCUT2D eigenvalue weighted by Gasteiger charge is -2.21. The van der Waals surface area contributed by atoms with E-state index in [9.17, 15) is 14.4 Å². The van der Waals surface area contributed by atoms with Crippen LogP contribution in [-0.2, 0) is 4.79 Å².